The number of methoxy groups -OCH3 is 1. The summed E-state index contributed by atoms with van der Waals surface area (Å²) in [6.45, 7) is 19.7. The van der Waals surface area contributed by atoms with Gasteiger partial charge in [0.15, 0.2) is 11.4 Å². The molecular formula is C49H67N5O12. The fourth-order valence-electron chi connectivity index (χ4n) is 9.94. The summed E-state index contributed by atoms with van der Waals surface area (Å²) in [6.07, 6.45) is 4.31. The van der Waals surface area contributed by atoms with Gasteiger partial charge in [0.2, 0.25) is 0 Å². The van der Waals surface area contributed by atoms with Crippen molar-refractivity contribution in [3.05, 3.63) is 58.0 Å². The molecule has 0 aromatic heterocycles. The highest BCUT2D eigenvalue weighted by molar-refractivity contribution is 6.19. The van der Waals surface area contributed by atoms with E-state index in [4.69, 9.17) is 33.7 Å². The molecule has 17 heteroatoms. The van der Waals surface area contributed by atoms with Crippen LogP contribution in [0, 0.1) is 36.5 Å². The summed E-state index contributed by atoms with van der Waals surface area (Å²) in [5.41, 5.74) is -0.597. The number of amides is 2. The Labute approximate surface area is 385 Å². The Morgan fingerprint density at radius 1 is 0.924 bits per heavy atom. The van der Waals surface area contributed by atoms with Gasteiger partial charge in [0, 0.05) is 99.8 Å². The second kappa shape index (κ2) is 19.3. The van der Waals surface area contributed by atoms with Crippen molar-refractivity contribution in [1.82, 2.24) is 9.80 Å². The van der Waals surface area contributed by atoms with E-state index < -0.39 is 83.1 Å². The average Bonchev–Trinajstić information content (AvgIpc) is 3.79. The highest BCUT2D eigenvalue weighted by Gasteiger charge is 2.50. The predicted octanol–water partition coefficient (Wildman–Crippen LogP) is 4.66. The summed E-state index contributed by atoms with van der Waals surface area (Å²) < 4.78 is 30.1. The van der Waals surface area contributed by atoms with Crippen molar-refractivity contribution in [2.24, 2.45) is 39.6 Å². The van der Waals surface area contributed by atoms with E-state index in [0.29, 0.717) is 58.2 Å². The number of likely N-dealkylation sites (tertiary alicyclic amines) is 1. The molecule has 66 heavy (non-hydrogen) atoms. The Kier molecular flexibility index (Phi) is 14.3. The molecule has 0 saturated carbocycles. The number of phenols is 2. The molecule has 1 spiro atoms. The van der Waals surface area contributed by atoms with E-state index in [0.717, 1.165) is 6.54 Å². The molecule has 2 fully saturated rings. The lowest BCUT2D eigenvalue weighted by Crippen LogP contribution is -2.49. The van der Waals surface area contributed by atoms with Gasteiger partial charge in [-0.25, -0.2) is 4.79 Å². The third-order valence-electron chi connectivity index (χ3n) is 14.1. The number of allylic oxidation sites excluding steroid dienone is 2. The topological polar surface area (TPSA) is 222 Å². The van der Waals surface area contributed by atoms with Crippen LogP contribution >= 0.6 is 0 Å². The van der Waals surface area contributed by atoms with Crippen LogP contribution in [0.25, 0.3) is 10.8 Å². The molecule has 6 heterocycles. The predicted molar refractivity (Wildman–Crippen MR) is 245 cm³/mol. The number of hydrogen-bond acceptors (Lipinski definition) is 15. The lowest BCUT2D eigenvalue weighted by atomic mass is 9.78. The molecule has 17 nitrogen and oxygen atoms in total. The van der Waals surface area contributed by atoms with Crippen LogP contribution in [0.2, 0.25) is 0 Å². The summed E-state index contributed by atoms with van der Waals surface area (Å²) >= 11 is 0. The van der Waals surface area contributed by atoms with Crippen LogP contribution in [0.15, 0.2) is 46.1 Å². The number of aromatic hydroxyl groups is 2. The summed E-state index contributed by atoms with van der Waals surface area (Å²) in [6, 6.07) is 0. The summed E-state index contributed by atoms with van der Waals surface area (Å²) in [5, 5.41) is 50.8. The molecule has 0 unspecified atom stereocenters. The maximum atomic E-state index is 14.9. The van der Waals surface area contributed by atoms with Crippen molar-refractivity contribution in [2.45, 2.75) is 111 Å². The van der Waals surface area contributed by atoms with E-state index in [-0.39, 0.29) is 55.4 Å². The molecule has 6 aliphatic rings. The number of aliphatic hydroxyl groups is 2. The van der Waals surface area contributed by atoms with Crippen LogP contribution in [0.3, 0.4) is 0 Å². The number of fused-ring (bicyclic) bond motifs is 13. The molecule has 360 valence electrons. The number of Topliss-reactive ketones (excluding diaryl/α,β-unsaturated/α-hetero) is 1. The van der Waals surface area contributed by atoms with Gasteiger partial charge in [-0.1, -0.05) is 59.8 Å². The van der Waals surface area contributed by atoms with E-state index in [1.165, 1.54) is 20.3 Å². The molecule has 2 aromatic carbocycles. The maximum Gasteiger partial charge on any atom is 0.410 e. The number of hydrogen-bond donors (Lipinski definition) is 5. The molecule has 5 N–H and O–H groups in total. The Morgan fingerprint density at radius 3 is 2.24 bits per heavy atom. The minimum Gasteiger partial charge on any atom is -0.507 e. The number of phenolic OH excluding ortho intramolecular Hbond substituents is 2. The second-order valence-electron chi connectivity index (χ2n) is 19.3. The molecule has 8 rings (SSSR count). The zero-order chi connectivity index (χ0) is 48.0. The second-order valence-corrected chi connectivity index (χ2v) is 19.3. The number of anilines is 1. The SMILES string of the molecule is CO[C@H]1/C=C/O[C@@]2(C)Oc3c(C)c(O)c4c(O)c(c5c(c4c3C2=O)=NC2(CCN(CC(C)C)CC2)N=5)NC(=O)/C(C)=C\C=C\[C@H](C)[C@H](O)[C@@H](C)[C@@H](O)[C@@H](C)[C@H](OC(=O)N2CCOCC2)[C@@H]1C. The number of aliphatic hydroxyl groups excluding tert-OH is 2. The Hall–Kier alpha value is -5.07. The zero-order valence-electron chi connectivity index (χ0n) is 39.8. The van der Waals surface area contributed by atoms with Gasteiger partial charge in [-0.15, -0.1) is 0 Å². The van der Waals surface area contributed by atoms with E-state index >= 15 is 0 Å². The number of ether oxygens (including phenoxy) is 5. The Bertz CT molecular complexity index is 2440. The first-order valence-electron chi connectivity index (χ1n) is 23.2. The number of rotatable bonds is 4. The van der Waals surface area contributed by atoms with Gasteiger partial charge in [-0.2, -0.15) is 0 Å². The molecule has 6 aliphatic heterocycles. The first-order chi connectivity index (χ1) is 31.2. The average molecular weight is 918 g/mol. The fourth-order valence-corrected chi connectivity index (χ4v) is 9.94. The van der Waals surface area contributed by atoms with Gasteiger partial charge in [0.05, 0.1) is 54.1 Å². The van der Waals surface area contributed by atoms with Gasteiger partial charge in [-0.05, 0) is 25.8 Å². The third kappa shape index (κ3) is 9.16. The highest BCUT2D eigenvalue weighted by atomic mass is 16.7. The van der Waals surface area contributed by atoms with Crippen LogP contribution in [0.4, 0.5) is 10.5 Å². The van der Waals surface area contributed by atoms with E-state index in [2.05, 4.69) is 24.1 Å². The molecule has 2 amide bonds. The highest BCUT2D eigenvalue weighted by Crippen LogP contribution is 2.50. The molecule has 2 saturated heterocycles. The largest absolute Gasteiger partial charge is 0.507 e. The quantitative estimate of drug-likeness (QED) is 0.264. The number of nitrogens with one attached hydrogen (secondary N) is 1. The first-order valence-corrected chi connectivity index (χ1v) is 23.2. The van der Waals surface area contributed by atoms with Gasteiger partial charge >= 0.3 is 11.9 Å². The lowest BCUT2D eigenvalue weighted by Gasteiger charge is -2.39. The molecule has 2 aromatic rings. The number of carbonyl (C=O) groups excluding carboxylic acids is 3. The summed E-state index contributed by atoms with van der Waals surface area (Å²) in [4.78, 5) is 56.7. The number of morpholine rings is 1. The number of nitrogens with zero attached hydrogens (tertiary/aromatic N) is 4. The monoisotopic (exact) mass is 917 g/mol. The standard InChI is InChI=1S/C49H67N5O12/c1-25(2)24-53-17-15-49(16-18-53)51-36-33-34-41(57)31(8)44-35(33)45(59)48(9,66-44)64-21-14-32(62-10)28(5)43(65-47(61)54-19-22-63-23-20-54)30(7)40(56)29(6)39(55)26(3)12-11-13-27(4)46(60)50-38(42(34)58)37(36)52-49/h11-14,21,25-26,28-30,32,39-40,43,55-58H,15-20,22-24H2,1-10H3,(H,50,60)/b12-11+,21-14+,27-13-/t26-,28+,29+,30+,32-,39-,40+,43+,48-/m0/s1. The minimum atomic E-state index is -1.98. The number of carbonyl (C=O) groups is 3. The van der Waals surface area contributed by atoms with Crippen LogP contribution in [-0.2, 0) is 23.7 Å². The van der Waals surface area contributed by atoms with Crippen LogP contribution in [0.5, 0.6) is 17.2 Å². The first kappa shape index (κ1) is 48.9. The van der Waals surface area contributed by atoms with Gasteiger partial charge in [0.25, 0.3) is 11.7 Å². The zero-order valence-corrected chi connectivity index (χ0v) is 39.8. The Morgan fingerprint density at radius 2 is 1.59 bits per heavy atom. The van der Waals surface area contributed by atoms with E-state index in [1.54, 1.807) is 63.8 Å². The van der Waals surface area contributed by atoms with Crippen molar-refractivity contribution < 1.29 is 58.5 Å². The minimum absolute atomic E-state index is 0.0320. The fraction of sp³-hybridized carbons (Fsp3) is 0.612. The van der Waals surface area contributed by atoms with Crippen molar-refractivity contribution in [1.29, 1.82) is 0 Å². The van der Waals surface area contributed by atoms with Crippen molar-refractivity contribution in [2.75, 3.05) is 58.4 Å². The van der Waals surface area contributed by atoms with E-state index in [1.807, 2.05) is 6.92 Å². The molecule has 0 radical (unpaired) electrons. The number of benzene rings is 2. The number of ketones is 1. The van der Waals surface area contributed by atoms with Gasteiger partial charge < -0.3 is 59.2 Å². The smallest absolute Gasteiger partial charge is 0.410 e. The lowest BCUT2D eigenvalue weighted by molar-refractivity contribution is -0.112. The summed E-state index contributed by atoms with van der Waals surface area (Å²) in [7, 11) is 1.48. The Balaban J connectivity index is 1.36. The van der Waals surface area contributed by atoms with Crippen molar-refractivity contribution >= 4 is 34.2 Å². The summed E-state index contributed by atoms with van der Waals surface area (Å²) in [5.74, 6) is -6.07. The molecule has 5 bridgehead atoms. The van der Waals surface area contributed by atoms with Crippen molar-refractivity contribution in [3.63, 3.8) is 0 Å². The van der Waals surface area contributed by atoms with Crippen LogP contribution in [0.1, 0.15) is 84.2 Å². The molecule has 9 atom stereocenters. The third-order valence-corrected chi connectivity index (χ3v) is 14.1. The van der Waals surface area contributed by atoms with Crippen LogP contribution in [-0.4, -0.2) is 137 Å². The molecular weight excluding hydrogens is 851 g/mol. The van der Waals surface area contributed by atoms with Crippen LogP contribution < -0.4 is 20.8 Å². The maximum absolute atomic E-state index is 14.9. The van der Waals surface area contributed by atoms with E-state index in [9.17, 15) is 34.8 Å². The normalized spacial score (nSPS) is 32.5. The van der Waals surface area contributed by atoms with Gasteiger partial charge in [0.1, 0.15) is 28.6 Å². The molecule has 0 aliphatic carbocycles. The van der Waals surface area contributed by atoms with Gasteiger partial charge in [-0.3, -0.25) is 19.6 Å². The number of piperidine rings is 1. The van der Waals surface area contributed by atoms with Crippen molar-refractivity contribution in [3.8, 4) is 17.2 Å².